The van der Waals surface area contributed by atoms with Crippen molar-refractivity contribution in [1.82, 2.24) is 4.57 Å². The Morgan fingerprint density at radius 3 is 2.00 bits per heavy atom. The number of rotatable bonds is 2. The molecule has 0 saturated heterocycles. The molecule has 0 unspecified atom stereocenters. The number of hydrogen-bond acceptors (Lipinski definition) is 1. The van der Waals surface area contributed by atoms with Crippen molar-refractivity contribution in [2.24, 2.45) is 5.73 Å². The van der Waals surface area contributed by atoms with E-state index in [0.717, 1.165) is 5.69 Å². The smallest absolute Gasteiger partial charge is 0.324 e. The van der Waals surface area contributed by atoms with Gasteiger partial charge in [-0.2, -0.15) is 13.2 Å². The van der Waals surface area contributed by atoms with E-state index in [1.165, 1.54) is 12.1 Å². The molecular formula is C12H11F3N2. The molecule has 5 heteroatoms. The molecule has 2 N–H and O–H groups in total. The van der Waals surface area contributed by atoms with E-state index < -0.39 is 12.2 Å². The summed E-state index contributed by atoms with van der Waals surface area (Å²) in [6.45, 7) is 0. The van der Waals surface area contributed by atoms with Gasteiger partial charge in [0.1, 0.15) is 6.04 Å². The first kappa shape index (κ1) is 11.7. The third kappa shape index (κ3) is 2.50. The van der Waals surface area contributed by atoms with Crippen molar-refractivity contribution in [3.63, 3.8) is 0 Å². The zero-order chi connectivity index (χ0) is 12.5. The molecule has 0 radical (unpaired) electrons. The van der Waals surface area contributed by atoms with Gasteiger partial charge in [-0.25, -0.2) is 0 Å². The van der Waals surface area contributed by atoms with E-state index in [0.29, 0.717) is 0 Å². The molecule has 0 amide bonds. The van der Waals surface area contributed by atoms with Crippen molar-refractivity contribution in [1.29, 1.82) is 0 Å². The fourth-order valence-electron chi connectivity index (χ4n) is 1.55. The normalized spacial score (nSPS) is 13.6. The van der Waals surface area contributed by atoms with Gasteiger partial charge >= 0.3 is 6.18 Å². The lowest BCUT2D eigenvalue weighted by atomic mass is 10.1. The quantitative estimate of drug-likeness (QED) is 0.859. The van der Waals surface area contributed by atoms with E-state index in [4.69, 9.17) is 5.73 Å². The standard InChI is InChI=1S/C12H11F3N2/c13-12(14,15)11(16)9-3-5-10(6-4-9)17-7-1-2-8-17/h1-8,11H,16H2/t11-/m0/s1. The first-order valence-electron chi connectivity index (χ1n) is 5.04. The summed E-state index contributed by atoms with van der Waals surface area (Å²) in [5.74, 6) is 0. The molecule has 0 bridgehead atoms. The molecule has 0 fully saturated rings. The molecule has 17 heavy (non-hydrogen) atoms. The number of alkyl halides is 3. The summed E-state index contributed by atoms with van der Waals surface area (Å²) in [5.41, 5.74) is 5.97. The summed E-state index contributed by atoms with van der Waals surface area (Å²) in [6, 6.07) is 7.77. The number of hydrogen-bond donors (Lipinski definition) is 1. The van der Waals surface area contributed by atoms with Crippen LogP contribution in [-0.4, -0.2) is 10.7 Å². The highest BCUT2D eigenvalue weighted by molar-refractivity contribution is 5.36. The summed E-state index contributed by atoms with van der Waals surface area (Å²) >= 11 is 0. The van der Waals surface area contributed by atoms with Gasteiger partial charge in [-0.3, -0.25) is 0 Å². The topological polar surface area (TPSA) is 30.9 Å². The number of halogens is 3. The van der Waals surface area contributed by atoms with Crippen LogP contribution in [-0.2, 0) is 0 Å². The largest absolute Gasteiger partial charge is 0.407 e. The fraction of sp³-hybridized carbons (Fsp3) is 0.167. The highest BCUT2D eigenvalue weighted by atomic mass is 19.4. The molecule has 0 aliphatic heterocycles. The monoisotopic (exact) mass is 240 g/mol. The van der Waals surface area contributed by atoms with Gasteiger partial charge in [0, 0.05) is 18.1 Å². The van der Waals surface area contributed by atoms with Crippen LogP contribution in [0.1, 0.15) is 11.6 Å². The number of benzene rings is 1. The van der Waals surface area contributed by atoms with Crippen LogP contribution in [0.15, 0.2) is 48.8 Å². The van der Waals surface area contributed by atoms with E-state index in [-0.39, 0.29) is 5.56 Å². The average Bonchev–Trinajstić information content (AvgIpc) is 2.80. The van der Waals surface area contributed by atoms with Crippen LogP contribution in [0.25, 0.3) is 5.69 Å². The van der Waals surface area contributed by atoms with Crippen molar-refractivity contribution in [2.45, 2.75) is 12.2 Å². The maximum atomic E-state index is 12.4. The Hall–Kier alpha value is -1.75. The van der Waals surface area contributed by atoms with Crippen molar-refractivity contribution in [3.8, 4) is 5.69 Å². The fourth-order valence-corrected chi connectivity index (χ4v) is 1.55. The second-order valence-corrected chi connectivity index (χ2v) is 3.70. The molecule has 0 aliphatic rings. The predicted octanol–water partition coefficient (Wildman–Crippen LogP) is 3.04. The number of nitrogens with zero attached hydrogens (tertiary/aromatic N) is 1. The summed E-state index contributed by atoms with van der Waals surface area (Å²) < 4.78 is 38.9. The van der Waals surface area contributed by atoms with Crippen molar-refractivity contribution in [3.05, 3.63) is 54.4 Å². The van der Waals surface area contributed by atoms with E-state index in [1.54, 1.807) is 12.1 Å². The summed E-state index contributed by atoms with van der Waals surface area (Å²) in [5, 5.41) is 0. The maximum Gasteiger partial charge on any atom is 0.407 e. The molecule has 1 heterocycles. The van der Waals surface area contributed by atoms with E-state index >= 15 is 0 Å². The van der Waals surface area contributed by atoms with Gasteiger partial charge in [0.25, 0.3) is 0 Å². The van der Waals surface area contributed by atoms with Crippen LogP contribution >= 0.6 is 0 Å². The minimum absolute atomic E-state index is 0.0633. The lowest BCUT2D eigenvalue weighted by molar-refractivity contribution is -0.149. The second kappa shape index (κ2) is 4.25. The molecule has 2 aromatic rings. The van der Waals surface area contributed by atoms with Crippen molar-refractivity contribution >= 4 is 0 Å². The molecule has 90 valence electrons. The lowest BCUT2D eigenvalue weighted by Crippen LogP contribution is -2.28. The maximum absolute atomic E-state index is 12.4. The third-order valence-corrected chi connectivity index (χ3v) is 2.51. The van der Waals surface area contributed by atoms with Crippen LogP contribution in [0.4, 0.5) is 13.2 Å². The molecule has 2 nitrogen and oxygen atoms in total. The summed E-state index contributed by atoms with van der Waals surface area (Å²) in [6.07, 6.45) is -0.771. The van der Waals surface area contributed by atoms with Gasteiger partial charge in [-0.1, -0.05) is 12.1 Å². The SMILES string of the molecule is N[C@@H](c1ccc(-n2cccc2)cc1)C(F)(F)F. The van der Waals surface area contributed by atoms with Gasteiger partial charge < -0.3 is 10.3 Å². The molecule has 1 atom stereocenters. The highest BCUT2D eigenvalue weighted by Gasteiger charge is 2.37. The van der Waals surface area contributed by atoms with Crippen LogP contribution in [0.2, 0.25) is 0 Å². The van der Waals surface area contributed by atoms with Gasteiger partial charge in [-0.05, 0) is 29.8 Å². The average molecular weight is 240 g/mol. The zero-order valence-electron chi connectivity index (χ0n) is 8.85. The van der Waals surface area contributed by atoms with Crippen LogP contribution in [0, 0.1) is 0 Å². The summed E-state index contributed by atoms with van der Waals surface area (Å²) in [4.78, 5) is 0. The number of aromatic nitrogens is 1. The van der Waals surface area contributed by atoms with Gasteiger partial charge in [0.05, 0.1) is 0 Å². The van der Waals surface area contributed by atoms with Crippen LogP contribution in [0.3, 0.4) is 0 Å². The Bertz CT molecular complexity index is 471. The Labute approximate surface area is 96.5 Å². The van der Waals surface area contributed by atoms with Gasteiger partial charge in [0.15, 0.2) is 0 Å². The molecule has 0 aliphatic carbocycles. The Kier molecular flexibility index (Phi) is 2.93. The van der Waals surface area contributed by atoms with E-state index in [9.17, 15) is 13.2 Å². The van der Waals surface area contributed by atoms with Crippen molar-refractivity contribution < 1.29 is 13.2 Å². The molecule has 0 saturated carbocycles. The first-order chi connectivity index (χ1) is 7.98. The van der Waals surface area contributed by atoms with Gasteiger partial charge in [-0.15, -0.1) is 0 Å². The van der Waals surface area contributed by atoms with Gasteiger partial charge in [0.2, 0.25) is 0 Å². The van der Waals surface area contributed by atoms with Crippen molar-refractivity contribution in [2.75, 3.05) is 0 Å². The summed E-state index contributed by atoms with van der Waals surface area (Å²) in [7, 11) is 0. The van der Waals surface area contributed by atoms with E-state index in [2.05, 4.69) is 0 Å². The Morgan fingerprint density at radius 2 is 1.53 bits per heavy atom. The Morgan fingerprint density at radius 1 is 1.00 bits per heavy atom. The first-order valence-corrected chi connectivity index (χ1v) is 5.04. The van der Waals surface area contributed by atoms with E-state index in [1.807, 2.05) is 29.1 Å². The molecular weight excluding hydrogens is 229 g/mol. The Balaban J connectivity index is 2.25. The molecule has 2 rings (SSSR count). The second-order valence-electron chi connectivity index (χ2n) is 3.70. The minimum Gasteiger partial charge on any atom is -0.324 e. The zero-order valence-corrected chi connectivity index (χ0v) is 8.85. The van der Waals surface area contributed by atoms with Crippen LogP contribution in [0.5, 0.6) is 0 Å². The lowest BCUT2D eigenvalue weighted by Gasteiger charge is -2.16. The minimum atomic E-state index is -4.41. The third-order valence-electron chi connectivity index (χ3n) is 2.51. The van der Waals surface area contributed by atoms with Crippen LogP contribution < -0.4 is 5.73 Å². The molecule has 0 spiro atoms. The predicted molar refractivity (Wildman–Crippen MR) is 58.8 cm³/mol. The number of nitrogens with two attached hydrogens (primary N) is 1. The molecule has 1 aromatic heterocycles. The molecule has 1 aromatic carbocycles. The highest BCUT2D eigenvalue weighted by Crippen LogP contribution is 2.30.